The lowest BCUT2D eigenvalue weighted by Gasteiger charge is -2.11. The van der Waals surface area contributed by atoms with Gasteiger partial charge in [-0.05, 0) is 17.7 Å². The van der Waals surface area contributed by atoms with Crippen molar-refractivity contribution in [2.45, 2.75) is 0 Å². The lowest BCUT2D eigenvalue weighted by molar-refractivity contribution is 0.620. The maximum Gasteiger partial charge on any atom is 0.161 e. The third-order valence-electron chi connectivity index (χ3n) is 2.84. The van der Waals surface area contributed by atoms with Crippen molar-refractivity contribution in [3.8, 4) is 29.3 Å². The molecule has 0 bridgehead atoms. The molecule has 0 radical (unpaired) electrons. The highest BCUT2D eigenvalue weighted by Crippen LogP contribution is 2.40. The molecule has 0 fully saturated rings. The van der Waals surface area contributed by atoms with Gasteiger partial charge in [0, 0.05) is 5.56 Å². The van der Waals surface area contributed by atoms with Gasteiger partial charge in [-0.15, -0.1) is 0 Å². The summed E-state index contributed by atoms with van der Waals surface area (Å²) >= 11 is 12.1. The van der Waals surface area contributed by atoms with Crippen molar-refractivity contribution in [1.82, 2.24) is 0 Å². The third kappa shape index (κ3) is 2.41. The smallest absolute Gasteiger partial charge is 0.161 e. The highest BCUT2D eigenvalue weighted by molar-refractivity contribution is 6.40. The van der Waals surface area contributed by atoms with Crippen LogP contribution in [0, 0.1) is 39.8 Å². The Morgan fingerprint density at radius 1 is 0.810 bits per heavy atom. The average molecular weight is 316 g/mol. The number of rotatable bonds is 1. The summed E-state index contributed by atoms with van der Waals surface area (Å²) in [6, 6.07) is 11.4. The topological polar surface area (TPSA) is 71.4 Å². The first-order valence-electron chi connectivity index (χ1n) is 5.56. The molecule has 0 atom stereocenters. The van der Waals surface area contributed by atoms with E-state index in [2.05, 4.69) is 0 Å². The molecule has 0 saturated heterocycles. The van der Waals surface area contributed by atoms with Gasteiger partial charge >= 0.3 is 0 Å². The summed E-state index contributed by atoms with van der Waals surface area (Å²) in [6.07, 6.45) is 0. The zero-order chi connectivity index (χ0) is 15.6. The summed E-state index contributed by atoms with van der Waals surface area (Å²) in [7, 11) is 0. The maximum absolute atomic E-state index is 14.0. The van der Waals surface area contributed by atoms with Crippen molar-refractivity contribution in [2.75, 3.05) is 0 Å². The fourth-order valence-corrected chi connectivity index (χ4v) is 2.53. The van der Waals surface area contributed by atoms with Gasteiger partial charge in [-0.2, -0.15) is 15.8 Å². The maximum atomic E-state index is 14.0. The molecule has 2 rings (SSSR count). The monoisotopic (exact) mass is 315 g/mol. The van der Waals surface area contributed by atoms with Gasteiger partial charge in [-0.3, -0.25) is 0 Å². The molecule has 100 valence electrons. The Kier molecular flexibility index (Phi) is 4.10. The van der Waals surface area contributed by atoms with Crippen LogP contribution in [-0.2, 0) is 0 Å². The predicted octanol–water partition coefficient (Wildman–Crippen LogP) is 4.41. The van der Waals surface area contributed by atoms with Gasteiger partial charge in [0.05, 0.1) is 21.7 Å². The second-order valence-corrected chi connectivity index (χ2v) is 4.74. The lowest BCUT2D eigenvalue weighted by Crippen LogP contribution is -1.97. The molecule has 0 N–H and O–H groups in total. The van der Waals surface area contributed by atoms with E-state index in [1.165, 1.54) is 12.1 Å². The molecule has 0 amide bonds. The van der Waals surface area contributed by atoms with Crippen LogP contribution in [-0.4, -0.2) is 0 Å². The summed E-state index contributed by atoms with van der Waals surface area (Å²) in [5, 5.41) is 26.4. The Morgan fingerprint density at radius 3 is 1.67 bits per heavy atom. The number of nitriles is 3. The molecule has 0 aromatic heterocycles. The Bertz CT molecular complexity index is 812. The van der Waals surface area contributed by atoms with E-state index in [1.54, 1.807) is 24.3 Å². The summed E-state index contributed by atoms with van der Waals surface area (Å²) in [5.41, 5.74) is 0.234. The zero-order valence-corrected chi connectivity index (χ0v) is 11.8. The van der Waals surface area contributed by atoms with Crippen LogP contribution < -0.4 is 0 Å². The van der Waals surface area contributed by atoms with E-state index in [4.69, 9.17) is 39.0 Å². The quantitative estimate of drug-likeness (QED) is 0.782. The van der Waals surface area contributed by atoms with Crippen molar-refractivity contribution < 1.29 is 4.39 Å². The largest absolute Gasteiger partial charge is 0.204 e. The van der Waals surface area contributed by atoms with Crippen LogP contribution in [0.3, 0.4) is 0 Å². The number of hydrogen-bond acceptors (Lipinski definition) is 3. The molecular formula is C15H4Cl2FN3. The average Bonchev–Trinajstić information content (AvgIpc) is 2.49. The van der Waals surface area contributed by atoms with Crippen molar-refractivity contribution >= 4 is 23.2 Å². The summed E-state index contributed by atoms with van der Waals surface area (Å²) in [4.78, 5) is 0. The molecule has 0 heterocycles. The molecule has 2 aromatic carbocycles. The van der Waals surface area contributed by atoms with Crippen LogP contribution in [0.15, 0.2) is 24.3 Å². The minimum Gasteiger partial charge on any atom is -0.204 e. The van der Waals surface area contributed by atoms with Gasteiger partial charge in [0.2, 0.25) is 0 Å². The Hall–Kier alpha value is -2.58. The minimum atomic E-state index is -1.03. The van der Waals surface area contributed by atoms with Gasteiger partial charge in [0.25, 0.3) is 0 Å². The van der Waals surface area contributed by atoms with Crippen LogP contribution in [0.4, 0.5) is 4.39 Å². The normalized spacial score (nSPS) is 9.52. The van der Waals surface area contributed by atoms with E-state index in [1.807, 2.05) is 6.07 Å². The van der Waals surface area contributed by atoms with Crippen molar-refractivity contribution in [3.63, 3.8) is 0 Å². The molecule has 21 heavy (non-hydrogen) atoms. The van der Waals surface area contributed by atoms with E-state index in [-0.39, 0.29) is 15.6 Å². The first-order valence-corrected chi connectivity index (χ1v) is 6.32. The molecule has 0 spiro atoms. The van der Waals surface area contributed by atoms with Gasteiger partial charge < -0.3 is 0 Å². The van der Waals surface area contributed by atoms with E-state index in [9.17, 15) is 4.39 Å². The number of halogens is 3. The number of hydrogen-bond donors (Lipinski definition) is 0. The molecule has 6 heteroatoms. The molecule has 3 nitrogen and oxygen atoms in total. The molecule has 0 unspecified atom stereocenters. The van der Waals surface area contributed by atoms with Gasteiger partial charge in [0.1, 0.15) is 23.3 Å². The molecule has 0 aliphatic heterocycles. The highest BCUT2D eigenvalue weighted by Gasteiger charge is 2.23. The first kappa shape index (κ1) is 14.8. The Labute approximate surface area is 130 Å². The van der Waals surface area contributed by atoms with E-state index in [0.29, 0.717) is 11.1 Å². The van der Waals surface area contributed by atoms with E-state index < -0.39 is 16.9 Å². The second kappa shape index (κ2) is 5.81. The standard InChI is InChI=1S/C15H4Cl2FN3/c16-13-10(6-20)15(18)11(7-21)14(17)12(13)9-3-1-8(5-19)2-4-9/h1-4H. The van der Waals surface area contributed by atoms with Crippen LogP contribution in [0.1, 0.15) is 16.7 Å². The van der Waals surface area contributed by atoms with Gasteiger partial charge in [-0.1, -0.05) is 35.3 Å². The van der Waals surface area contributed by atoms with Crippen LogP contribution in [0.2, 0.25) is 10.0 Å². The third-order valence-corrected chi connectivity index (χ3v) is 3.60. The van der Waals surface area contributed by atoms with E-state index in [0.717, 1.165) is 0 Å². The molecule has 0 saturated carbocycles. The van der Waals surface area contributed by atoms with Crippen molar-refractivity contribution in [3.05, 3.63) is 56.8 Å². The van der Waals surface area contributed by atoms with Crippen molar-refractivity contribution in [2.24, 2.45) is 0 Å². The Balaban J connectivity index is 2.83. The lowest BCUT2D eigenvalue weighted by atomic mass is 9.98. The van der Waals surface area contributed by atoms with Gasteiger partial charge in [-0.25, -0.2) is 4.39 Å². The fourth-order valence-electron chi connectivity index (χ4n) is 1.83. The van der Waals surface area contributed by atoms with Gasteiger partial charge in [0.15, 0.2) is 5.82 Å². The van der Waals surface area contributed by atoms with Crippen LogP contribution in [0.5, 0.6) is 0 Å². The number of nitrogens with zero attached hydrogens (tertiary/aromatic N) is 3. The van der Waals surface area contributed by atoms with E-state index >= 15 is 0 Å². The SMILES string of the molecule is N#Cc1ccc(-c2c(Cl)c(C#N)c(F)c(C#N)c2Cl)cc1. The summed E-state index contributed by atoms with van der Waals surface area (Å²) in [5.74, 6) is -1.03. The molecule has 0 aliphatic rings. The zero-order valence-electron chi connectivity index (χ0n) is 10.3. The Morgan fingerprint density at radius 2 is 1.29 bits per heavy atom. The molecular weight excluding hydrogens is 312 g/mol. The molecule has 2 aromatic rings. The first-order chi connectivity index (χ1) is 10.0. The van der Waals surface area contributed by atoms with Crippen molar-refractivity contribution in [1.29, 1.82) is 15.8 Å². The fraction of sp³-hybridized carbons (Fsp3) is 0. The molecule has 0 aliphatic carbocycles. The highest BCUT2D eigenvalue weighted by atomic mass is 35.5. The predicted molar refractivity (Wildman–Crippen MR) is 76.0 cm³/mol. The second-order valence-electron chi connectivity index (χ2n) is 3.98. The minimum absolute atomic E-state index is 0.163. The van der Waals surface area contributed by atoms with Crippen LogP contribution >= 0.6 is 23.2 Å². The summed E-state index contributed by atoms with van der Waals surface area (Å²) in [6.45, 7) is 0. The number of benzene rings is 2. The van der Waals surface area contributed by atoms with Crippen LogP contribution in [0.25, 0.3) is 11.1 Å². The summed E-state index contributed by atoms with van der Waals surface area (Å²) < 4.78 is 14.0.